The van der Waals surface area contributed by atoms with E-state index in [4.69, 9.17) is 0 Å². The average molecular weight is 401 g/mol. The number of piperidine rings is 1. The minimum absolute atomic E-state index is 0.0129. The molecule has 3 saturated carbocycles. The van der Waals surface area contributed by atoms with Gasteiger partial charge in [0.25, 0.3) is 0 Å². The average Bonchev–Trinajstić information content (AvgIpc) is 3.51. The zero-order valence-corrected chi connectivity index (χ0v) is 17.8. The number of hydrogen-bond donors (Lipinski definition) is 1. The van der Waals surface area contributed by atoms with Crippen LogP contribution >= 0.6 is 0 Å². The first-order chi connectivity index (χ1) is 13.9. The highest BCUT2D eigenvalue weighted by Gasteiger charge is 2.50. The lowest BCUT2D eigenvalue weighted by Gasteiger charge is -2.41. The monoisotopic (exact) mass is 400 g/mol. The first kappa shape index (κ1) is 20.8. The fraction of sp³-hybridized carbons (Fsp3) is 0.875. The van der Waals surface area contributed by atoms with Gasteiger partial charge in [-0.3, -0.25) is 9.59 Å². The van der Waals surface area contributed by atoms with Crippen LogP contribution in [0.4, 0.5) is 0 Å². The number of Topliss-reactive ketones (excluding diaryl/α,β-unsaturated/α-hetero) is 1. The predicted molar refractivity (Wildman–Crippen MR) is 110 cm³/mol. The van der Waals surface area contributed by atoms with E-state index in [1.165, 1.54) is 12.8 Å². The summed E-state index contributed by atoms with van der Waals surface area (Å²) >= 11 is 0. The molecule has 4 rings (SSSR count). The number of ketones is 1. The molecule has 0 spiro atoms. The third kappa shape index (κ3) is 4.38. The molecule has 3 unspecified atom stereocenters. The highest BCUT2D eigenvalue weighted by atomic mass is 16.3. The number of nitriles is 1. The maximum absolute atomic E-state index is 13.0. The maximum atomic E-state index is 13.0. The Kier molecular flexibility index (Phi) is 6.02. The predicted octanol–water partition coefficient (Wildman–Crippen LogP) is 3.70. The van der Waals surface area contributed by atoms with Gasteiger partial charge < -0.3 is 10.0 Å². The van der Waals surface area contributed by atoms with Gasteiger partial charge in [0.2, 0.25) is 5.91 Å². The zero-order chi connectivity index (χ0) is 20.6. The van der Waals surface area contributed by atoms with Crippen molar-refractivity contribution in [2.75, 3.05) is 13.1 Å². The Bertz CT molecular complexity index is 664. The summed E-state index contributed by atoms with van der Waals surface area (Å²) in [4.78, 5) is 27.3. The molecular weight excluding hydrogens is 364 g/mol. The van der Waals surface area contributed by atoms with Crippen LogP contribution in [-0.2, 0) is 9.59 Å². The van der Waals surface area contributed by atoms with Gasteiger partial charge in [0, 0.05) is 30.8 Å². The second-order valence-electron chi connectivity index (χ2n) is 10.4. The minimum Gasteiger partial charge on any atom is -0.382 e. The molecule has 4 aliphatic rings. The zero-order valence-electron chi connectivity index (χ0n) is 17.8. The van der Waals surface area contributed by atoms with Crippen molar-refractivity contribution in [3.05, 3.63) is 0 Å². The number of carbonyl (C=O) groups is 2. The Morgan fingerprint density at radius 2 is 1.62 bits per heavy atom. The van der Waals surface area contributed by atoms with E-state index in [-0.39, 0.29) is 29.4 Å². The molecule has 5 nitrogen and oxygen atoms in total. The summed E-state index contributed by atoms with van der Waals surface area (Å²) in [6.07, 6.45) is 10.1. The fourth-order valence-corrected chi connectivity index (χ4v) is 6.28. The van der Waals surface area contributed by atoms with E-state index in [1.807, 2.05) is 4.90 Å². The van der Waals surface area contributed by atoms with E-state index in [9.17, 15) is 20.0 Å². The number of aliphatic hydroxyl groups is 1. The third-order valence-corrected chi connectivity index (χ3v) is 8.42. The van der Waals surface area contributed by atoms with Crippen LogP contribution in [0.15, 0.2) is 0 Å². The molecule has 29 heavy (non-hydrogen) atoms. The molecule has 1 amide bonds. The molecule has 1 aliphatic heterocycles. The number of nitrogens with zero attached hydrogens (tertiary/aromatic N) is 2. The van der Waals surface area contributed by atoms with Crippen LogP contribution in [0.25, 0.3) is 0 Å². The topological polar surface area (TPSA) is 81.4 Å². The second kappa shape index (κ2) is 8.38. The molecule has 3 aliphatic carbocycles. The van der Waals surface area contributed by atoms with Crippen LogP contribution in [0.3, 0.4) is 0 Å². The van der Waals surface area contributed by atoms with Gasteiger partial charge in [0.1, 0.15) is 5.60 Å². The molecule has 160 valence electrons. The summed E-state index contributed by atoms with van der Waals surface area (Å²) in [6.45, 7) is 3.57. The van der Waals surface area contributed by atoms with Crippen molar-refractivity contribution < 1.29 is 14.7 Å². The van der Waals surface area contributed by atoms with Crippen LogP contribution in [0.5, 0.6) is 0 Å². The van der Waals surface area contributed by atoms with E-state index < -0.39 is 5.60 Å². The molecule has 1 N–H and O–H groups in total. The summed E-state index contributed by atoms with van der Waals surface area (Å²) in [7, 11) is 0. The lowest BCUT2D eigenvalue weighted by molar-refractivity contribution is -0.142. The fourth-order valence-electron chi connectivity index (χ4n) is 6.28. The van der Waals surface area contributed by atoms with Crippen LogP contribution in [0.1, 0.15) is 77.6 Å². The van der Waals surface area contributed by atoms with Gasteiger partial charge in [-0.05, 0) is 82.0 Å². The Morgan fingerprint density at radius 3 is 2.21 bits per heavy atom. The lowest BCUT2D eigenvalue weighted by atomic mass is 9.65. The van der Waals surface area contributed by atoms with Gasteiger partial charge in [-0.2, -0.15) is 5.26 Å². The molecule has 1 heterocycles. The number of carbonyl (C=O) groups excluding carboxylic acids is 2. The lowest BCUT2D eigenvalue weighted by Crippen LogP contribution is -2.45. The van der Waals surface area contributed by atoms with Gasteiger partial charge in [-0.15, -0.1) is 0 Å². The molecule has 0 radical (unpaired) electrons. The van der Waals surface area contributed by atoms with E-state index in [1.54, 1.807) is 0 Å². The van der Waals surface area contributed by atoms with Gasteiger partial charge in [0.05, 0.1) is 6.07 Å². The molecule has 5 heteroatoms. The van der Waals surface area contributed by atoms with Crippen LogP contribution < -0.4 is 0 Å². The van der Waals surface area contributed by atoms with Crippen molar-refractivity contribution in [1.82, 2.24) is 4.90 Å². The molecule has 0 bridgehead atoms. The van der Waals surface area contributed by atoms with Crippen LogP contribution in [0, 0.1) is 46.8 Å². The van der Waals surface area contributed by atoms with Crippen molar-refractivity contribution in [3.8, 4) is 6.07 Å². The van der Waals surface area contributed by atoms with Gasteiger partial charge >= 0.3 is 0 Å². The van der Waals surface area contributed by atoms with E-state index >= 15 is 0 Å². The first-order valence-electron chi connectivity index (χ1n) is 11.9. The van der Waals surface area contributed by atoms with Gasteiger partial charge in [0.15, 0.2) is 5.78 Å². The summed E-state index contributed by atoms with van der Waals surface area (Å²) in [6, 6.07) is 2.58. The normalized spacial score (nSPS) is 37.6. The third-order valence-electron chi connectivity index (χ3n) is 8.42. The number of rotatable bonds is 4. The second-order valence-corrected chi connectivity index (χ2v) is 10.4. The van der Waals surface area contributed by atoms with Gasteiger partial charge in [-0.25, -0.2) is 0 Å². The highest BCUT2D eigenvalue weighted by Crippen LogP contribution is 2.45. The summed E-state index contributed by atoms with van der Waals surface area (Å²) in [5.41, 5.74) is -1.03. The van der Waals surface area contributed by atoms with Crippen molar-refractivity contribution in [3.63, 3.8) is 0 Å². The molecule has 1 saturated heterocycles. The summed E-state index contributed by atoms with van der Waals surface area (Å²) in [5.74, 6) is 2.35. The standard InChI is InChI=1S/C24H36N2O3/c1-16-2-7-21(20(14-16)15-25)17-3-5-19(6-4-17)23(28)26-12-8-18(9-13-26)22(27)24(29)10-11-24/h16-21,29H,2-14H2,1H3. The first-order valence-corrected chi connectivity index (χ1v) is 11.9. The number of amides is 1. The Hall–Kier alpha value is -1.41. The summed E-state index contributed by atoms with van der Waals surface area (Å²) < 4.78 is 0. The molecule has 0 aromatic carbocycles. The summed E-state index contributed by atoms with van der Waals surface area (Å²) in [5, 5.41) is 19.6. The minimum atomic E-state index is -1.03. The molecule has 4 fully saturated rings. The molecule has 0 aromatic heterocycles. The molecule has 0 aromatic rings. The quantitative estimate of drug-likeness (QED) is 0.780. The van der Waals surface area contributed by atoms with E-state index in [0.29, 0.717) is 56.5 Å². The molecular formula is C24H36N2O3. The number of likely N-dealkylation sites (tertiary alicyclic amines) is 1. The van der Waals surface area contributed by atoms with Crippen molar-refractivity contribution >= 4 is 11.7 Å². The maximum Gasteiger partial charge on any atom is 0.225 e. The van der Waals surface area contributed by atoms with Crippen LogP contribution in [-0.4, -0.2) is 40.4 Å². The van der Waals surface area contributed by atoms with Gasteiger partial charge in [-0.1, -0.05) is 13.3 Å². The van der Waals surface area contributed by atoms with Crippen molar-refractivity contribution in [2.45, 2.75) is 83.2 Å². The molecule has 3 atom stereocenters. The van der Waals surface area contributed by atoms with Crippen LogP contribution in [0.2, 0.25) is 0 Å². The number of hydrogen-bond acceptors (Lipinski definition) is 4. The smallest absolute Gasteiger partial charge is 0.225 e. The Balaban J connectivity index is 1.24. The SMILES string of the molecule is CC1CCC(C2CCC(C(=O)N3CCC(C(=O)C4(O)CC4)CC3)CC2)C(C#N)C1. The van der Waals surface area contributed by atoms with Crippen molar-refractivity contribution in [1.29, 1.82) is 5.26 Å². The highest BCUT2D eigenvalue weighted by molar-refractivity contribution is 5.92. The van der Waals surface area contributed by atoms with E-state index in [0.717, 1.165) is 32.1 Å². The van der Waals surface area contributed by atoms with Crippen molar-refractivity contribution in [2.24, 2.45) is 35.5 Å². The largest absolute Gasteiger partial charge is 0.382 e. The Morgan fingerprint density at radius 1 is 0.966 bits per heavy atom. The Labute approximate surface area is 174 Å². The van der Waals surface area contributed by atoms with E-state index in [2.05, 4.69) is 13.0 Å².